The Morgan fingerprint density at radius 3 is 2.73 bits per heavy atom. The molecule has 3 rings (SSSR count). The van der Waals surface area contributed by atoms with Gasteiger partial charge in [0.05, 0.1) is 0 Å². The molecule has 2 aromatic carbocycles. The average molecular weight is 371 g/mol. The Balaban J connectivity index is 1.40. The Labute approximate surface area is 161 Å². The van der Waals surface area contributed by atoms with Crippen molar-refractivity contribution < 1.29 is 4.79 Å². The molecular formula is C22H27ClN2O. The molecule has 1 unspecified atom stereocenters. The third-order valence-electron chi connectivity index (χ3n) is 4.97. The van der Waals surface area contributed by atoms with Gasteiger partial charge in [0, 0.05) is 31.1 Å². The Kier molecular flexibility index (Phi) is 7.10. The molecule has 26 heavy (non-hydrogen) atoms. The van der Waals surface area contributed by atoms with Crippen LogP contribution < -0.4 is 5.32 Å². The van der Waals surface area contributed by atoms with Crippen molar-refractivity contribution in [3.63, 3.8) is 0 Å². The van der Waals surface area contributed by atoms with Crippen LogP contribution in [0.15, 0.2) is 54.6 Å². The number of benzene rings is 2. The first-order valence-corrected chi connectivity index (χ1v) is 9.84. The number of nitrogens with zero attached hydrogens (tertiary/aromatic N) is 1. The van der Waals surface area contributed by atoms with Crippen molar-refractivity contribution >= 4 is 17.5 Å². The topological polar surface area (TPSA) is 32.3 Å². The molecule has 0 saturated carbocycles. The van der Waals surface area contributed by atoms with E-state index in [1.165, 1.54) is 24.0 Å². The standard InChI is InChI=1S/C22H27ClN2O/c23-21-10-4-8-19(14-21)16-25-13-5-9-20(17-25)15-24-22(26)12-11-18-6-2-1-3-7-18/h1-4,6-8,10,14,20H,5,9,11-13,15-17H2,(H,24,26). The molecule has 1 fully saturated rings. The van der Waals surface area contributed by atoms with Crippen molar-refractivity contribution in [2.24, 2.45) is 5.92 Å². The smallest absolute Gasteiger partial charge is 0.220 e. The molecule has 0 spiro atoms. The third-order valence-corrected chi connectivity index (χ3v) is 5.20. The number of carbonyl (C=O) groups is 1. The molecule has 1 heterocycles. The summed E-state index contributed by atoms with van der Waals surface area (Å²) in [6.07, 6.45) is 3.73. The van der Waals surface area contributed by atoms with Crippen LogP contribution in [0.3, 0.4) is 0 Å². The number of hydrogen-bond donors (Lipinski definition) is 1. The molecular weight excluding hydrogens is 344 g/mol. The molecule has 0 radical (unpaired) electrons. The summed E-state index contributed by atoms with van der Waals surface area (Å²) in [7, 11) is 0. The van der Waals surface area contributed by atoms with E-state index in [-0.39, 0.29) is 5.91 Å². The molecule has 3 nitrogen and oxygen atoms in total. The maximum atomic E-state index is 12.1. The van der Waals surface area contributed by atoms with Crippen LogP contribution in [0.1, 0.15) is 30.4 Å². The highest BCUT2D eigenvalue weighted by Crippen LogP contribution is 2.19. The molecule has 2 aromatic rings. The van der Waals surface area contributed by atoms with Gasteiger partial charge in [0.15, 0.2) is 0 Å². The number of aryl methyl sites for hydroxylation is 1. The summed E-state index contributed by atoms with van der Waals surface area (Å²) in [6, 6.07) is 18.3. The molecule has 0 aliphatic carbocycles. The van der Waals surface area contributed by atoms with Gasteiger partial charge in [-0.1, -0.05) is 54.1 Å². The van der Waals surface area contributed by atoms with Gasteiger partial charge < -0.3 is 5.32 Å². The van der Waals surface area contributed by atoms with E-state index in [4.69, 9.17) is 11.6 Å². The van der Waals surface area contributed by atoms with Crippen LogP contribution in [0.25, 0.3) is 0 Å². The van der Waals surface area contributed by atoms with Gasteiger partial charge in [-0.15, -0.1) is 0 Å². The molecule has 1 aliphatic heterocycles. The van der Waals surface area contributed by atoms with E-state index in [2.05, 4.69) is 28.4 Å². The first-order valence-electron chi connectivity index (χ1n) is 9.46. The Morgan fingerprint density at radius 2 is 1.92 bits per heavy atom. The van der Waals surface area contributed by atoms with Crippen molar-refractivity contribution in [1.29, 1.82) is 0 Å². The number of amides is 1. The minimum atomic E-state index is 0.154. The molecule has 1 N–H and O–H groups in total. The van der Waals surface area contributed by atoms with Gasteiger partial charge in [-0.3, -0.25) is 9.69 Å². The Morgan fingerprint density at radius 1 is 1.12 bits per heavy atom. The van der Waals surface area contributed by atoms with Gasteiger partial charge in [0.25, 0.3) is 0 Å². The second kappa shape index (κ2) is 9.75. The fraction of sp³-hybridized carbons (Fsp3) is 0.409. The van der Waals surface area contributed by atoms with Crippen LogP contribution in [-0.4, -0.2) is 30.4 Å². The van der Waals surface area contributed by atoms with E-state index in [0.29, 0.717) is 12.3 Å². The zero-order chi connectivity index (χ0) is 18.2. The van der Waals surface area contributed by atoms with Gasteiger partial charge >= 0.3 is 0 Å². The van der Waals surface area contributed by atoms with Gasteiger partial charge in [0.1, 0.15) is 0 Å². The lowest BCUT2D eigenvalue weighted by Gasteiger charge is -2.32. The SMILES string of the molecule is O=C(CCc1ccccc1)NCC1CCCN(Cc2cccc(Cl)c2)C1. The van der Waals surface area contributed by atoms with E-state index in [1.54, 1.807) is 0 Å². The highest BCUT2D eigenvalue weighted by Gasteiger charge is 2.20. The summed E-state index contributed by atoms with van der Waals surface area (Å²) in [6.45, 7) is 3.86. The van der Waals surface area contributed by atoms with E-state index in [9.17, 15) is 4.79 Å². The van der Waals surface area contributed by atoms with E-state index >= 15 is 0 Å². The summed E-state index contributed by atoms with van der Waals surface area (Å²) in [5.41, 5.74) is 2.47. The molecule has 0 bridgehead atoms. The first-order chi connectivity index (χ1) is 12.7. The second-order valence-electron chi connectivity index (χ2n) is 7.16. The van der Waals surface area contributed by atoms with Crippen molar-refractivity contribution in [2.75, 3.05) is 19.6 Å². The largest absolute Gasteiger partial charge is 0.356 e. The number of hydrogen-bond acceptors (Lipinski definition) is 2. The van der Waals surface area contributed by atoms with Crippen molar-refractivity contribution in [1.82, 2.24) is 10.2 Å². The summed E-state index contributed by atoms with van der Waals surface area (Å²) < 4.78 is 0. The zero-order valence-electron chi connectivity index (χ0n) is 15.2. The van der Waals surface area contributed by atoms with Gasteiger partial charge in [-0.05, 0) is 55.0 Å². The Bertz CT molecular complexity index is 704. The molecule has 0 aromatic heterocycles. The quantitative estimate of drug-likeness (QED) is 0.788. The zero-order valence-corrected chi connectivity index (χ0v) is 15.9. The highest BCUT2D eigenvalue weighted by molar-refractivity contribution is 6.30. The van der Waals surface area contributed by atoms with Crippen molar-refractivity contribution in [3.05, 3.63) is 70.7 Å². The van der Waals surface area contributed by atoms with E-state index in [0.717, 1.165) is 37.6 Å². The number of rotatable bonds is 7. The fourth-order valence-electron chi connectivity index (χ4n) is 3.60. The molecule has 1 aliphatic rings. The minimum absolute atomic E-state index is 0.154. The normalized spacial score (nSPS) is 17.8. The number of piperidine rings is 1. The summed E-state index contributed by atoms with van der Waals surface area (Å²) in [4.78, 5) is 14.6. The average Bonchev–Trinajstić information content (AvgIpc) is 2.66. The monoisotopic (exact) mass is 370 g/mol. The molecule has 1 saturated heterocycles. The second-order valence-corrected chi connectivity index (χ2v) is 7.60. The lowest BCUT2D eigenvalue weighted by Crippen LogP contribution is -2.40. The Hall–Kier alpha value is -1.84. The molecule has 138 valence electrons. The molecule has 1 atom stereocenters. The van der Waals surface area contributed by atoms with Crippen LogP contribution in [0.2, 0.25) is 5.02 Å². The number of nitrogens with one attached hydrogen (secondary N) is 1. The minimum Gasteiger partial charge on any atom is -0.356 e. The fourth-order valence-corrected chi connectivity index (χ4v) is 3.82. The maximum Gasteiger partial charge on any atom is 0.220 e. The number of carbonyl (C=O) groups excluding carboxylic acids is 1. The highest BCUT2D eigenvalue weighted by atomic mass is 35.5. The maximum absolute atomic E-state index is 12.1. The van der Waals surface area contributed by atoms with Crippen LogP contribution in [-0.2, 0) is 17.8 Å². The summed E-state index contributed by atoms with van der Waals surface area (Å²) in [5.74, 6) is 0.685. The van der Waals surface area contributed by atoms with Crippen molar-refractivity contribution in [3.8, 4) is 0 Å². The lowest BCUT2D eigenvalue weighted by molar-refractivity contribution is -0.121. The van der Waals surface area contributed by atoms with Gasteiger partial charge in [-0.25, -0.2) is 0 Å². The first kappa shape index (κ1) is 18.9. The van der Waals surface area contributed by atoms with Gasteiger partial charge in [0.2, 0.25) is 5.91 Å². The number of likely N-dealkylation sites (tertiary alicyclic amines) is 1. The predicted molar refractivity (Wildman–Crippen MR) is 107 cm³/mol. The van der Waals surface area contributed by atoms with Crippen LogP contribution in [0, 0.1) is 5.92 Å². The molecule has 4 heteroatoms. The molecule has 1 amide bonds. The van der Waals surface area contributed by atoms with Crippen LogP contribution in [0.5, 0.6) is 0 Å². The van der Waals surface area contributed by atoms with E-state index in [1.807, 2.05) is 36.4 Å². The summed E-state index contributed by atoms with van der Waals surface area (Å²) in [5, 5.41) is 3.92. The van der Waals surface area contributed by atoms with E-state index < -0.39 is 0 Å². The van der Waals surface area contributed by atoms with Crippen LogP contribution in [0.4, 0.5) is 0 Å². The van der Waals surface area contributed by atoms with Crippen LogP contribution >= 0.6 is 11.6 Å². The third kappa shape index (κ3) is 6.15. The lowest BCUT2D eigenvalue weighted by atomic mass is 9.97. The summed E-state index contributed by atoms with van der Waals surface area (Å²) >= 11 is 6.08. The predicted octanol–water partition coefficient (Wildman–Crippen LogP) is 4.30. The van der Waals surface area contributed by atoms with Crippen molar-refractivity contribution in [2.45, 2.75) is 32.2 Å². The number of halogens is 1. The van der Waals surface area contributed by atoms with Gasteiger partial charge in [-0.2, -0.15) is 0 Å².